The monoisotopic (exact) mass is 229 g/mol. The zero-order valence-corrected chi connectivity index (χ0v) is 9.53. The zero-order valence-electron chi connectivity index (χ0n) is 9.53. The lowest BCUT2D eigenvalue weighted by Gasteiger charge is -2.01. The van der Waals surface area contributed by atoms with Crippen molar-refractivity contribution in [2.24, 2.45) is 7.05 Å². The SMILES string of the molecule is COc1ccnc2c(-c3cnn(C)c3)cnn12. The van der Waals surface area contributed by atoms with Crippen LogP contribution in [0.2, 0.25) is 0 Å². The number of fused-ring (bicyclic) bond motifs is 1. The van der Waals surface area contributed by atoms with E-state index in [4.69, 9.17) is 4.74 Å². The van der Waals surface area contributed by atoms with Crippen LogP contribution < -0.4 is 4.74 Å². The highest BCUT2D eigenvalue weighted by atomic mass is 16.5. The number of hydrogen-bond acceptors (Lipinski definition) is 4. The quantitative estimate of drug-likeness (QED) is 0.661. The average Bonchev–Trinajstić information content (AvgIpc) is 2.94. The van der Waals surface area contributed by atoms with E-state index in [-0.39, 0.29) is 0 Å². The third kappa shape index (κ3) is 1.45. The van der Waals surface area contributed by atoms with Crippen LogP contribution in [0.15, 0.2) is 30.9 Å². The van der Waals surface area contributed by atoms with Gasteiger partial charge in [0.25, 0.3) is 0 Å². The Balaban J connectivity index is 2.25. The minimum atomic E-state index is 0.658. The molecule has 0 atom stereocenters. The third-order valence-corrected chi connectivity index (χ3v) is 2.59. The lowest BCUT2D eigenvalue weighted by molar-refractivity contribution is 0.385. The predicted octanol–water partition coefficient (Wildman–Crippen LogP) is 1.14. The summed E-state index contributed by atoms with van der Waals surface area (Å²) >= 11 is 0. The molecule has 0 unspecified atom stereocenters. The molecule has 6 heteroatoms. The summed E-state index contributed by atoms with van der Waals surface area (Å²) in [6.45, 7) is 0. The van der Waals surface area contributed by atoms with E-state index in [0.29, 0.717) is 5.88 Å². The number of nitrogens with zero attached hydrogens (tertiary/aromatic N) is 5. The first-order chi connectivity index (χ1) is 8.29. The van der Waals surface area contributed by atoms with Crippen LogP contribution in [0, 0.1) is 0 Å². The molecule has 0 saturated carbocycles. The molecule has 17 heavy (non-hydrogen) atoms. The summed E-state index contributed by atoms with van der Waals surface area (Å²) in [5.74, 6) is 0.658. The van der Waals surface area contributed by atoms with Gasteiger partial charge in [0.05, 0.1) is 19.5 Å². The first kappa shape index (κ1) is 9.83. The third-order valence-electron chi connectivity index (χ3n) is 2.59. The van der Waals surface area contributed by atoms with Gasteiger partial charge in [0.2, 0.25) is 5.88 Å². The second-order valence-electron chi connectivity index (χ2n) is 3.68. The van der Waals surface area contributed by atoms with E-state index in [2.05, 4.69) is 15.2 Å². The fourth-order valence-electron chi connectivity index (χ4n) is 1.79. The van der Waals surface area contributed by atoms with Crippen molar-refractivity contribution in [3.63, 3.8) is 0 Å². The molecule has 0 radical (unpaired) electrons. The molecule has 6 nitrogen and oxygen atoms in total. The highest BCUT2D eigenvalue weighted by Gasteiger charge is 2.11. The van der Waals surface area contributed by atoms with Gasteiger partial charge in [0.15, 0.2) is 5.65 Å². The molecule has 86 valence electrons. The van der Waals surface area contributed by atoms with E-state index in [0.717, 1.165) is 16.8 Å². The van der Waals surface area contributed by atoms with Crippen LogP contribution in [0.4, 0.5) is 0 Å². The van der Waals surface area contributed by atoms with Crippen molar-refractivity contribution in [2.75, 3.05) is 7.11 Å². The van der Waals surface area contributed by atoms with Crippen molar-refractivity contribution in [3.8, 4) is 17.0 Å². The van der Waals surface area contributed by atoms with Crippen LogP contribution in [0.1, 0.15) is 0 Å². The zero-order chi connectivity index (χ0) is 11.8. The molecule has 0 N–H and O–H groups in total. The van der Waals surface area contributed by atoms with E-state index in [1.165, 1.54) is 0 Å². The molecule has 0 aliphatic rings. The van der Waals surface area contributed by atoms with Gasteiger partial charge in [0.1, 0.15) is 0 Å². The fourth-order valence-corrected chi connectivity index (χ4v) is 1.79. The normalized spacial score (nSPS) is 10.9. The molecule has 3 aromatic rings. The fraction of sp³-hybridized carbons (Fsp3) is 0.182. The summed E-state index contributed by atoms with van der Waals surface area (Å²) in [6.07, 6.45) is 7.19. The molecule has 3 rings (SSSR count). The van der Waals surface area contributed by atoms with Crippen molar-refractivity contribution in [1.29, 1.82) is 0 Å². The minimum absolute atomic E-state index is 0.658. The molecular weight excluding hydrogens is 218 g/mol. The van der Waals surface area contributed by atoms with Gasteiger partial charge in [-0.3, -0.25) is 4.68 Å². The van der Waals surface area contributed by atoms with Gasteiger partial charge in [-0.05, 0) is 0 Å². The maximum absolute atomic E-state index is 5.22. The first-order valence-corrected chi connectivity index (χ1v) is 5.15. The van der Waals surface area contributed by atoms with E-state index >= 15 is 0 Å². The summed E-state index contributed by atoms with van der Waals surface area (Å²) in [7, 11) is 3.49. The van der Waals surface area contributed by atoms with Crippen molar-refractivity contribution in [2.45, 2.75) is 0 Å². The Morgan fingerprint density at radius 1 is 1.24 bits per heavy atom. The van der Waals surface area contributed by atoms with Gasteiger partial charge < -0.3 is 4.74 Å². The first-order valence-electron chi connectivity index (χ1n) is 5.15. The van der Waals surface area contributed by atoms with Crippen LogP contribution in [0.25, 0.3) is 16.8 Å². The summed E-state index contributed by atoms with van der Waals surface area (Å²) in [5.41, 5.74) is 2.69. The average molecular weight is 229 g/mol. The number of hydrogen-bond donors (Lipinski definition) is 0. The van der Waals surface area contributed by atoms with Crippen molar-refractivity contribution in [3.05, 3.63) is 30.9 Å². The van der Waals surface area contributed by atoms with Crippen molar-refractivity contribution >= 4 is 5.65 Å². The largest absolute Gasteiger partial charge is 0.481 e. The van der Waals surface area contributed by atoms with Gasteiger partial charge in [-0.1, -0.05) is 0 Å². The molecule has 0 aliphatic heterocycles. The van der Waals surface area contributed by atoms with Gasteiger partial charge >= 0.3 is 0 Å². The summed E-state index contributed by atoms with van der Waals surface area (Å²) in [6, 6.07) is 1.77. The van der Waals surface area contributed by atoms with Crippen LogP contribution in [-0.4, -0.2) is 31.5 Å². The lowest BCUT2D eigenvalue weighted by Crippen LogP contribution is -1.96. The molecule has 0 spiro atoms. The van der Waals surface area contributed by atoms with E-state index < -0.39 is 0 Å². The Morgan fingerprint density at radius 3 is 2.82 bits per heavy atom. The summed E-state index contributed by atoms with van der Waals surface area (Å²) < 4.78 is 8.64. The molecule has 0 amide bonds. The molecule has 3 heterocycles. The second kappa shape index (κ2) is 3.58. The maximum Gasteiger partial charge on any atom is 0.217 e. The number of aryl methyl sites for hydroxylation is 1. The Bertz CT molecular complexity index is 669. The van der Waals surface area contributed by atoms with Crippen molar-refractivity contribution in [1.82, 2.24) is 24.4 Å². The molecule has 0 aliphatic carbocycles. The summed E-state index contributed by atoms with van der Waals surface area (Å²) in [5, 5.41) is 8.41. The highest BCUT2D eigenvalue weighted by molar-refractivity contribution is 5.76. The van der Waals surface area contributed by atoms with Crippen LogP contribution in [-0.2, 0) is 7.05 Å². The van der Waals surface area contributed by atoms with Gasteiger partial charge in [-0.25, -0.2) is 4.98 Å². The van der Waals surface area contributed by atoms with Crippen LogP contribution in [0.5, 0.6) is 5.88 Å². The summed E-state index contributed by atoms with van der Waals surface area (Å²) in [4.78, 5) is 4.32. The molecule has 0 bridgehead atoms. The molecular formula is C11H11N5O. The standard InChI is InChI=1S/C11H11N5O/c1-15-7-8(5-13-15)9-6-14-16-10(17-2)3-4-12-11(9)16/h3-7H,1-2H3. The van der Waals surface area contributed by atoms with Gasteiger partial charge in [-0.2, -0.15) is 14.7 Å². The van der Waals surface area contributed by atoms with Gasteiger partial charge in [0, 0.05) is 36.6 Å². The Kier molecular flexibility index (Phi) is 2.07. The lowest BCUT2D eigenvalue weighted by atomic mass is 10.2. The topological polar surface area (TPSA) is 57.2 Å². The number of aromatic nitrogens is 5. The van der Waals surface area contributed by atoms with E-state index in [1.807, 2.05) is 13.2 Å². The Hall–Kier alpha value is -2.37. The maximum atomic E-state index is 5.22. The van der Waals surface area contributed by atoms with Crippen LogP contribution in [0.3, 0.4) is 0 Å². The van der Waals surface area contributed by atoms with E-state index in [1.54, 1.807) is 41.0 Å². The minimum Gasteiger partial charge on any atom is -0.481 e. The predicted molar refractivity (Wildman–Crippen MR) is 61.7 cm³/mol. The van der Waals surface area contributed by atoms with E-state index in [9.17, 15) is 0 Å². The molecule has 3 aromatic heterocycles. The molecule has 0 saturated heterocycles. The molecule has 0 fully saturated rings. The number of rotatable bonds is 2. The Morgan fingerprint density at radius 2 is 2.12 bits per heavy atom. The number of methoxy groups -OCH3 is 1. The smallest absolute Gasteiger partial charge is 0.217 e. The van der Waals surface area contributed by atoms with Gasteiger partial charge in [-0.15, -0.1) is 0 Å². The van der Waals surface area contributed by atoms with Crippen molar-refractivity contribution < 1.29 is 4.74 Å². The van der Waals surface area contributed by atoms with Crippen LogP contribution >= 0.6 is 0 Å². The molecule has 0 aromatic carbocycles. The number of ether oxygens (including phenoxy) is 1. The second-order valence-corrected chi connectivity index (χ2v) is 3.68. The Labute approximate surface area is 97.5 Å². The highest BCUT2D eigenvalue weighted by Crippen LogP contribution is 2.24.